The molecular weight excluding hydrogens is 332 g/mol. The molecule has 1 heterocycles. The van der Waals surface area contributed by atoms with Gasteiger partial charge in [-0.2, -0.15) is 0 Å². The maximum atomic E-state index is 11.9. The molecule has 1 aliphatic rings. The van der Waals surface area contributed by atoms with Crippen molar-refractivity contribution in [1.29, 1.82) is 0 Å². The van der Waals surface area contributed by atoms with Crippen LogP contribution in [0, 0.1) is 0 Å². The van der Waals surface area contributed by atoms with E-state index >= 15 is 0 Å². The smallest absolute Gasteiger partial charge is 0.244 e. The average Bonchev–Trinajstić information content (AvgIpc) is 3.19. The molecule has 140 valence electrons. The van der Waals surface area contributed by atoms with Gasteiger partial charge in [0.25, 0.3) is 0 Å². The molecule has 1 aromatic rings. The van der Waals surface area contributed by atoms with Crippen LogP contribution in [-0.4, -0.2) is 50.1 Å². The van der Waals surface area contributed by atoms with Crippen LogP contribution >= 0.6 is 0 Å². The molecule has 1 fully saturated rings. The Kier molecular flexibility index (Phi) is 7.74. The van der Waals surface area contributed by atoms with Crippen molar-refractivity contribution in [3.63, 3.8) is 0 Å². The first kappa shape index (κ1) is 19.6. The Labute approximate surface area is 154 Å². The normalized spacial score (nSPS) is 13.7. The molecule has 1 saturated heterocycles. The fourth-order valence-electron chi connectivity index (χ4n) is 2.70. The van der Waals surface area contributed by atoms with Gasteiger partial charge in [-0.05, 0) is 36.6 Å². The molecule has 0 unspecified atom stereocenters. The van der Waals surface area contributed by atoms with E-state index in [1.54, 1.807) is 31.4 Å². The van der Waals surface area contributed by atoms with Crippen molar-refractivity contribution in [3.8, 4) is 11.5 Å². The molecule has 0 aliphatic carbocycles. The number of carbonyl (C=O) groups is 2. The summed E-state index contributed by atoms with van der Waals surface area (Å²) in [7, 11) is 1.56. The molecule has 0 saturated carbocycles. The molecule has 2 amide bonds. The van der Waals surface area contributed by atoms with Crippen LogP contribution in [0.15, 0.2) is 36.9 Å². The molecule has 1 aromatic carbocycles. The molecular formula is C20H26N2O4. The van der Waals surface area contributed by atoms with Crippen molar-refractivity contribution in [2.45, 2.75) is 19.3 Å². The first-order valence-electron chi connectivity index (χ1n) is 8.79. The molecule has 1 aliphatic heterocycles. The summed E-state index contributed by atoms with van der Waals surface area (Å²) in [5.41, 5.74) is 0.816. The van der Waals surface area contributed by atoms with Crippen molar-refractivity contribution in [2.75, 3.05) is 33.4 Å². The van der Waals surface area contributed by atoms with E-state index in [1.165, 1.54) is 6.08 Å². The number of carbonyl (C=O) groups excluding carboxylic acids is 2. The van der Waals surface area contributed by atoms with Gasteiger partial charge in [0.05, 0.1) is 7.11 Å². The number of amides is 2. The van der Waals surface area contributed by atoms with Crippen molar-refractivity contribution in [3.05, 3.63) is 42.5 Å². The van der Waals surface area contributed by atoms with E-state index in [2.05, 4.69) is 11.9 Å². The van der Waals surface area contributed by atoms with E-state index in [9.17, 15) is 9.59 Å². The molecule has 6 heteroatoms. The van der Waals surface area contributed by atoms with E-state index in [-0.39, 0.29) is 11.8 Å². The number of nitrogens with zero attached hydrogens (tertiary/aromatic N) is 1. The molecule has 0 atom stereocenters. The third kappa shape index (κ3) is 5.95. The Hall–Kier alpha value is -2.76. The number of nitrogens with one attached hydrogen (secondary N) is 1. The highest BCUT2D eigenvalue weighted by Gasteiger charge is 2.17. The van der Waals surface area contributed by atoms with Crippen molar-refractivity contribution < 1.29 is 19.1 Å². The standard InChI is InChI=1S/C20H26N2O4/c1-3-14-26-17-8-6-16(15-18(17)25-2)7-9-19(23)21-11-10-20(24)22-12-4-5-13-22/h3,6-9,15H,1,4-5,10-14H2,2H3,(H,21,23)/b9-7+. The second-order valence-electron chi connectivity index (χ2n) is 5.97. The third-order valence-corrected chi connectivity index (χ3v) is 4.07. The summed E-state index contributed by atoms with van der Waals surface area (Å²) in [5.74, 6) is 1.08. The number of ether oxygens (including phenoxy) is 2. The Balaban J connectivity index is 1.81. The summed E-state index contributed by atoms with van der Waals surface area (Å²) in [5, 5.41) is 2.73. The molecule has 0 radical (unpaired) electrons. The number of likely N-dealkylation sites (tertiary alicyclic amines) is 1. The lowest BCUT2D eigenvalue weighted by Crippen LogP contribution is -2.32. The summed E-state index contributed by atoms with van der Waals surface area (Å²) in [4.78, 5) is 25.7. The molecule has 0 spiro atoms. The minimum absolute atomic E-state index is 0.103. The lowest BCUT2D eigenvalue weighted by atomic mass is 10.2. The minimum atomic E-state index is -0.231. The number of hydrogen-bond donors (Lipinski definition) is 1. The van der Waals surface area contributed by atoms with Crippen LogP contribution in [-0.2, 0) is 9.59 Å². The van der Waals surface area contributed by atoms with Gasteiger partial charge >= 0.3 is 0 Å². The molecule has 6 nitrogen and oxygen atoms in total. The molecule has 2 rings (SSSR count). The average molecular weight is 358 g/mol. The van der Waals surface area contributed by atoms with Crippen molar-refractivity contribution >= 4 is 17.9 Å². The number of hydrogen-bond acceptors (Lipinski definition) is 4. The van der Waals surface area contributed by atoms with E-state index in [4.69, 9.17) is 9.47 Å². The van der Waals surface area contributed by atoms with Crippen LogP contribution in [0.5, 0.6) is 11.5 Å². The van der Waals surface area contributed by atoms with Gasteiger partial charge in [0, 0.05) is 32.1 Å². The Morgan fingerprint density at radius 1 is 1.27 bits per heavy atom. The number of benzene rings is 1. The summed E-state index contributed by atoms with van der Waals surface area (Å²) in [6.45, 7) is 6.02. The van der Waals surface area contributed by atoms with Gasteiger partial charge < -0.3 is 19.7 Å². The van der Waals surface area contributed by atoms with E-state index in [1.807, 2.05) is 11.0 Å². The van der Waals surface area contributed by atoms with Crippen LogP contribution < -0.4 is 14.8 Å². The zero-order valence-corrected chi connectivity index (χ0v) is 15.2. The Morgan fingerprint density at radius 3 is 2.73 bits per heavy atom. The minimum Gasteiger partial charge on any atom is -0.493 e. The zero-order valence-electron chi connectivity index (χ0n) is 15.2. The second kappa shape index (κ2) is 10.3. The summed E-state index contributed by atoms with van der Waals surface area (Å²) < 4.78 is 10.8. The van der Waals surface area contributed by atoms with Crippen LogP contribution in [0.4, 0.5) is 0 Å². The lowest BCUT2D eigenvalue weighted by Gasteiger charge is -2.14. The fourth-order valence-corrected chi connectivity index (χ4v) is 2.70. The van der Waals surface area contributed by atoms with E-state index < -0.39 is 0 Å². The number of rotatable bonds is 9. The van der Waals surface area contributed by atoms with Gasteiger partial charge in [0.1, 0.15) is 6.61 Å². The SMILES string of the molecule is C=CCOc1ccc(/C=C/C(=O)NCCC(=O)N2CCCC2)cc1OC. The first-order chi connectivity index (χ1) is 12.6. The van der Waals surface area contributed by atoms with Crippen LogP contribution in [0.2, 0.25) is 0 Å². The lowest BCUT2D eigenvalue weighted by molar-refractivity contribution is -0.130. The van der Waals surface area contributed by atoms with Gasteiger partial charge in [-0.3, -0.25) is 9.59 Å². The predicted molar refractivity (Wildman–Crippen MR) is 101 cm³/mol. The van der Waals surface area contributed by atoms with Gasteiger partial charge in [-0.15, -0.1) is 0 Å². The van der Waals surface area contributed by atoms with Crippen molar-refractivity contribution in [1.82, 2.24) is 10.2 Å². The highest BCUT2D eigenvalue weighted by molar-refractivity contribution is 5.92. The maximum absolute atomic E-state index is 11.9. The van der Waals surface area contributed by atoms with Gasteiger partial charge in [-0.25, -0.2) is 0 Å². The highest BCUT2D eigenvalue weighted by atomic mass is 16.5. The topological polar surface area (TPSA) is 67.9 Å². The van der Waals surface area contributed by atoms with Crippen LogP contribution in [0.1, 0.15) is 24.8 Å². The van der Waals surface area contributed by atoms with E-state index in [0.717, 1.165) is 31.5 Å². The first-order valence-corrected chi connectivity index (χ1v) is 8.79. The quantitative estimate of drug-likeness (QED) is 0.544. The Morgan fingerprint density at radius 2 is 2.04 bits per heavy atom. The predicted octanol–water partition coefficient (Wildman–Crippen LogP) is 2.40. The molecule has 26 heavy (non-hydrogen) atoms. The third-order valence-electron chi connectivity index (χ3n) is 4.07. The van der Waals surface area contributed by atoms with E-state index in [0.29, 0.717) is 31.1 Å². The van der Waals surface area contributed by atoms with Gasteiger partial charge in [0.2, 0.25) is 11.8 Å². The summed E-state index contributed by atoms with van der Waals surface area (Å²) in [6, 6.07) is 5.41. The second-order valence-corrected chi connectivity index (χ2v) is 5.97. The molecule has 0 aromatic heterocycles. The zero-order chi connectivity index (χ0) is 18.8. The van der Waals surface area contributed by atoms with Crippen LogP contribution in [0.3, 0.4) is 0 Å². The highest BCUT2D eigenvalue weighted by Crippen LogP contribution is 2.28. The van der Waals surface area contributed by atoms with Gasteiger partial charge in [0.15, 0.2) is 11.5 Å². The fraction of sp³-hybridized carbons (Fsp3) is 0.400. The summed E-state index contributed by atoms with van der Waals surface area (Å²) >= 11 is 0. The monoisotopic (exact) mass is 358 g/mol. The van der Waals surface area contributed by atoms with Crippen molar-refractivity contribution in [2.24, 2.45) is 0 Å². The largest absolute Gasteiger partial charge is 0.493 e. The molecule has 0 bridgehead atoms. The van der Waals surface area contributed by atoms with Crippen LogP contribution in [0.25, 0.3) is 6.08 Å². The summed E-state index contributed by atoms with van der Waals surface area (Å²) in [6.07, 6.45) is 7.27. The maximum Gasteiger partial charge on any atom is 0.244 e. The Bertz CT molecular complexity index is 664. The molecule has 1 N–H and O–H groups in total. The number of methoxy groups -OCH3 is 1. The van der Waals surface area contributed by atoms with Gasteiger partial charge in [-0.1, -0.05) is 18.7 Å².